The van der Waals surface area contributed by atoms with Crippen LogP contribution in [-0.4, -0.2) is 16.7 Å². The molecular formula is C22H25ClO4. The summed E-state index contributed by atoms with van der Waals surface area (Å²) in [5.74, 6) is 0.215. The normalized spacial score (nSPS) is 15.9. The van der Waals surface area contributed by atoms with Crippen molar-refractivity contribution in [3.8, 4) is 11.5 Å². The number of fused-ring (bicyclic) bond motifs is 1. The van der Waals surface area contributed by atoms with Crippen molar-refractivity contribution in [3.05, 3.63) is 58.1 Å². The molecule has 0 aliphatic carbocycles. The number of benzene rings is 2. The molecule has 144 valence electrons. The third kappa shape index (κ3) is 4.38. The Morgan fingerprint density at radius 1 is 1.26 bits per heavy atom. The average molecular weight is 389 g/mol. The van der Waals surface area contributed by atoms with E-state index < -0.39 is 11.9 Å². The number of aliphatic carboxylic acids is 1. The molecule has 1 N–H and O–H groups in total. The van der Waals surface area contributed by atoms with Crippen LogP contribution >= 0.6 is 11.6 Å². The van der Waals surface area contributed by atoms with Crippen molar-refractivity contribution < 1.29 is 19.4 Å². The first-order valence-corrected chi connectivity index (χ1v) is 9.50. The van der Waals surface area contributed by atoms with Gasteiger partial charge in [0.25, 0.3) is 0 Å². The van der Waals surface area contributed by atoms with Crippen LogP contribution in [0.15, 0.2) is 36.4 Å². The van der Waals surface area contributed by atoms with E-state index in [0.717, 1.165) is 28.9 Å². The maximum absolute atomic E-state index is 11.5. The summed E-state index contributed by atoms with van der Waals surface area (Å²) in [6.07, 6.45) is 0.816. The summed E-state index contributed by atoms with van der Waals surface area (Å²) in [7, 11) is 0. The predicted molar refractivity (Wildman–Crippen MR) is 106 cm³/mol. The number of hydrogen-bond acceptors (Lipinski definition) is 3. The zero-order valence-electron chi connectivity index (χ0n) is 16.1. The fraction of sp³-hybridized carbons (Fsp3) is 0.409. The summed E-state index contributed by atoms with van der Waals surface area (Å²) in [6, 6.07) is 11.1. The highest BCUT2D eigenvalue weighted by Gasteiger charge is 2.32. The van der Waals surface area contributed by atoms with Crippen molar-refractivity contribution in [1.82, 2.24) is 0 Å². The van der Waals surface area contributed by atoms with Gasteiger partial charge >= 0.3 is 5.97 Å². The van der Waals surface area contributed by atoms with Crippen molar-refractivity contribution in [2.45, 2.75) is 52.2 Å². The second kappa shape index (κ2) is 7.43. The Morgan fingerprint density at radius 2 is 1.93 bits per heavy atom. The van der Waals surface area contributed by atoms with E-state index in [4.69, 9.17) is 21.1 Å². The van der Waals surface area contributed by atoms with Gasteiger partial charge in [-0.2, -0.15) is 0 Å². The molecule has 0 radical (unpaired) electrons. The number of rotatable bonds is 6. The van der Waals surface area contributed by atoms with E-state index in [-0.39, 0.29) is 11.5 Å². The molecule has 1 aliphatic heterocycles. The number of hydrogen-bond donors (Lipinski definition) is 1. The molecule has 0 spiro atoms. The van der Waals surface area contributed by atoms with E-state index in [0.29, 0.717) is 17.4 Å². The van der Waals surface area contributed by atoms with Crippen LogP contribution in [0.5, 0.6) is 11.5 Å². The van der Waals surface area contributed by atoms with Gasteiger partial charge < -0.3 is 14.6 Å². The number of ether oxygens (including phenoxy) is 2. The number of carboxylic acids is 1. The second-order valence-electron chi connectivity index (χ2n) is 8.01. The third-order valence-corrected chi connectivity index (χ3v) is 4.99. The van der Waals surface area contributed by atoms with Crippen LogP contribution in [0.2, 0.25) is 5.02 Å². The van der Waals surface area contributed by atoms with Crippen LogP contribution in [0.25, 0.3) is 0 Å². The molecule has 0 saturated heterocycles. The predicted octanol–water partition coefficient (Wildman–Crippen LogP) is 5.46. The van der Waals surface area contributed by atoms with Gasteiger partial charge in [-0.1, -0.05) is 37.6 Å². The molecule has 1 atom stereocenters. The first-order valence-electron chi connectivity index (χ1n) is 9.12. The Morgan fingerprint density at radius 3 is 2.52 bits per heavy atom. The largest absolute Gasteiger partial charge is 0.489 e. The SMILES string of the molecule is CC(C)C(C(=O)O)c1ccc(OCc2cc(Cl)cc3c2OC(C)(C)C3)cc1. The molecule has 0 fully saturated rings. The summed E-state index contributed by atoms with van der Waals surface area (Å²) < 4.78 is 12.0. The molecular weight excluding hydrogens is 364 g/mol. The van der Waals surface area contributed by atoms with Gasteiger partial charge in [-0.15, -0.1) is 0 Å². The highest BCUT2D eigenvalue weighted by atomic mass is 35.5. The van der Waals surface area contributed by atoms with Crippen molar-refractivity contribution in [1.29, 1.82) is 0 Å². The molecule has 0 bridgehead atoms. The van der Waals surface area contributed by atoms with Crippen LogP contribution < -0.4 is 9.47 Å². The number of carboxylic acid groups (broad SMARTS) is 1. The maximum Gasteiger partial charge on any atom is 0.311 e. The van der Waals surface area contributed by atoms with Gasteiger partial charge in [0.2, 0.25) is 0 Å². The van der Waals surface area contributed by atoms with E-state index >= 15 is 0 Å². The maximum atomic E-state index is 11.5. The van der Waals surface area contributed by atoms with Crippen LogP contribution in [0.4, 0.5) is 0 Å². The fourth-order valence-electron chi connectivity index (χ4n) is 3.60. The first kappa shape index (κ1) is 19.6. The summed E-state index contributed by atoms with van der Waals surface area (Å²) in [5.41, 5.74) is 2.55. The average Bonchev–Trinajstić information content (AvgIpc) is 2.87. The quantitative estimate of drug-likeness (QED) is 0.714. The van der Waals surface area contributed by atoms with Crippen LogP contribution in [0, 0.1) is 5.92 Å². The summed E-state index contributed by atoms with van der Waals surface area (Å²) >= 11 is 6.25. The highest BCUT2D eigenvalue weighted by Crippen LogP contribution is 2.40. The van der Waals surface area contributed by atoms with Gasteiger partial charge in [0.05, 0.1) is 5.92 Å². The lowest BCUT2D eigenvalue weighted by molar-refractivity contribution is -0.139. The topological polar surface area (TPSA) is 55.8 Å². The minimum absolute atomic E-state index is 0.0174. The van der Waals surface area contributed by atoms with E-state index in [1.54, 1.807) is 0 Å². The second-order valence-corrected chi connectivity index (χ2v) is 8.45. The molecule has 5 heteroatoms. The minimum Gasteiger partial charge on any atom is -0.489 e. The summed E-state index contributed by atoms with van der Waals surface area (Å²) in [6.45, 7) is 8.26. The standard InChI is InChI=1S/C22H25ClO4/c1-13(2)19(21(24)25)14-5-7-18(8-6-14)26-12-16-10-17(23)9-15-11-22(3,4)27-20(15)16/h5-10,13,19H,11-12H2,1-4H3,(H,24,25). The summed E-state index contributed by atoms with van der Waals surface area (Å²) in [4.78, 5) is 11.5. The third-order valence-electron chi connectivity index (χ3n) is 4.77. The number of carbonyl (C=O) groups is 1. The Hall–Kier alpha value is -2.20. The van der Waals surface area contributed by atoms with E-state index in [1.165, 1.54) is 0 Å². The Balaban J connectivity index is 1.74. The zero-order chi connectivity index (χ0) is 19.8. The monoisotopic (exact) mass is 388 g/mol. The Labute approximate surface area is 165 Å². The Bertz CT molecular complexity index is 840. The first-order chi connectivity index (χ1) is 12.7. The zero-order valence-corrected chi connectivity index (χ0v) is 16.8. The highest BCUT2D eigenvalue weighted by molar-refractivity contribution is 6.30. The molecule has 0 amide bonds. The minimum atomic E-state index is -0.812. The van der Waals surface area contributed by atoms with E-state index in [1.807, 2.05) is 50.2 Å². The molecule has 3 rings (SSSR count). The molecule has 2 aromatic rings. The molecule has 2 aromatic carbocycles. The molecule has 1 heterocycles. The van der Waals surface area contributed by atoms with Gasteiger partial charge in [0, 0.05) is 17.0 Å². The van der Waals surface area contributed by atoms with E-state index in [9.17, 15) is 9.90 Å². The van der Waals surface area contributed by atoms with Gasteiger partial charge in [0.15, 0.2) is 0 Å². The van der Waals surface area contributed by atoms with Crippen molar-refractivity contribution in [2.75, 3.05) is 0 Å². The molecule has 0 aromatic heterocycles. The molecule has 1 aliphatic rings. The van der Waals surface area contributed by atoms with Gasteiger partial charge in [-0.05, 0) is 55.2 Å². The molecule has 4 nitrogen and oxygen atoms in total. The fourth-order valence-corrected chi connectivity index (χ4v) is 3.86. The number of halogens is 1. The van der Waals surface area contributed by atoms with Crippen molar-refractivity contribution in [3.63, 3.8) is 0 Å². The smallest absolute Gasteiger partial charge is 0.311 e. The van der Waals surface area contributed by atoms with Crippen molar-refractivity contribution in [2.24, 2.45) is 5.92 Å². The van der Waals surface area contributed by atoms with Crippen molar-refractivity contribution >= 4 is 17.6 Å². The van der Waals surface area contributed by atoms with E-state index in [2.05, 4.69) is 13.8 Å². The van der Waals surface area contributed by atoms with Gasteiger partial charge in [0.1, 0.15) is 23.7 Å². The van der Waals surface area contributed by atoms with Crippen LogP contribution in [0.1, 0.15) is 50.3 Å². The lowest BCUT2D eigenvalue weighted by atomic mass is 9.88. The molecule has 27 heavy (non-hydrogen) atoms. The lowest BCUT2D eigenvalue weighted by Crippen LogP contribution is -2.25. The lowest BCUT2D eigenvalue weighted by Gasteiger charge is -2.19. The summed E-state index contributed by atoms with van der Waals surface area (Å²) in [5, 5.41) is 10.1. The van der Waals surface area contributed by atoms with Gasteiger partial charge in [-0.3, -0.25) is 4.79 Å². The molecule has 0 saturated carbocycles. The van der Waals surface area contributed by atoms with Gasteiger partial charge in [-0.25, -0.2) is 0 Å². The molecule has 1 unspecified atom stereocenters. The van der Waals surface area contributed by atoms with Crippen LogP contribution in [0.3, 0.4) is 0 Å². The Kier molecular flexibility index (Phi) is 5.38. The van der Waals surface area contributed by atoms with Crippen LogP contribution in [-0.2, 0) is 17.8 Å².